The lowest BCUT2D eigenvalue weighted by Crippen LogP contribution is -2.38. The van der Waals surface area contributed by atoms with Crippen molar-refractivity contribution in [3.63, 3.8) is 0 Å². The Morgan fingerprint density at radius 3 is 2.33 bits per heavy atom. The molecular formula is C20H23NO3. The lowest BCUT2D eigenvalue weighted by Gasteiger charge is -2.28. The fourth-order valence-corrected chi connectivity index (χ4v) is 3.53. The molecule has 0 aliphatic heterocycles. The van der Waals surface area contributed by atoms with Crippen LogP contribution in [0.5, 0.6) is 11.5 Å². The molecule has 1 saturated carbocycles. The normalized spacial score (nSPS) is 15.8. The first-order chi connectivity index (χ1) is 11.7. The molecule has 0 saturated heterocycles. The van der Waals surface area contributed by atoms with Crippen LogP contribution in [0.15, 0.2) is 48.5 Å². The Kier molecular flexibility index (Phi) is 4.74. The zero-order valence-corrected chi connectivity index (χ0v) is 14.2. The van der Waals surface area contributed by atoms with Crippen molar-refractivity contribution in [2.24, 2.45) is 0 Å². The molecule has 0 spiro atoms. The van der Waals surface area contributed by atoms with Gasteiger partial charge in [0.1, 0.15) is 11.5 Å². The highest BCUT2D eigenvalue weighted by Gasteiger charge is 2.42. The second kappa shape index (κ2) is 6.95. The molecule has 1 N–H and O–H groups in total. The quantitative estimate of drug-likeness (QED) is 0.898. The van der Waals surface area contributed by atoms with E-state index in [1.165, 1.54) is 0 Å². The molecule has 0 heterocycles. The number of carbonyl (C=O) groups is 1. The molecule has 4 heteroatoms. The highest BCUT2D eigenvalue weighted by Crippen LogP contribution is 2.42. The molecule has 126 valence electrons. The predicted molar refractivity (Wildman–Crippen MR) is 94.8 cm³/mol. The molecule has 0 bridgehead atoms. The smallest absolute Gasteiger partial charge is 0.235 e. The molecule has 0 aromatic heterocycles. The molecule has 24 heavy (non-hydrogen) atoms. The van der Waals surface area contributed by atoms with Crippen molar-refractivity contribution in [3.8, 4) is 11.5 Å². The summed E-state index contributed by atoms with van der Waals surface area (Å²) in [6.45, 7) is 0. The van der Waals surface area contributed by atoms with Crippen LogP contribution in [0.25, 0.3) is 0 Å². The van der Waals surface area contributed by atoms with Gasteiger partial charge < -0.3 is 14.8 Å². The van der Waals surface area contributed by atoms with Crippen LogP contribution in [0.3, 0.4) is 0 Å². The molecule has 1 fully saturated rings. The molecule has 1 amide bonds. The minimum atomic E-state index is -0.452. The first-order valence-electron chi connectivity index (χ1n) is 8.28. The summed E-state index contributed by atoms with van der Waals surface area (Å²) in [4.78, 5) is 13.2. The lowest BCUT2D eigenvalue weighted by molar-refractivity contribution is -0.121. The number of anilines is 1. The summed E-state index contributed by atoms with van der Waals surface area (Å²) in [7, 11) is 3.20. The van der Waals surface area contributed by atoms with Crippen LogP contribution in [-0.4, -0.2) is 20.1 Å². The Bertz CT molecular complexity index is 706. The highest BCUT2D eigenvalue weighted by molar-refractivity contribution is 6.00. The molecule has 3 rings (SSSR count). The van der Waals surface area contributed by atoms with E-state index >= 15 is 0 Å². The van der Waals surface area contributed by atoms with E-state index in [1.807, 2.05) is 30.3 Å². The summed E-state index contributed by atoms with van der Waals surface area (Å²) in [5.41, 5.74) is 1.31. The average molecular weight is 325 g/mol. The fraction of sp³-hybridized carbons (Fsp3) is 0.350. The average Bonchev–Trinajstić information content (AvgIpc) is 3.14. The van der Waals surface area contributed by atoms with E-state index in [0.717, 1.165) is 31.2 Å². The number of rotatable bonds is 5. The maximum atomic E-state index is 13.2. The lowest BCUT2D eigenvalue weighted by atomic mass is 9.78. The van der Waals surface area contributed by atoms with Gasteiger partial charge in [0.15, 0.2) is 0 Å². The van der Waals surface area contributed by atoms with Crippen LogP contribution in [0.2, 0.25) is 0 Å². The van der Waals surface area contributed by atoms with Gasteiger partial charge in [-0.15, -0.1) is 0 Å². The summed E-state index contributed by atoms with van der Waals surface area (Å²) >= 11 is 0. The molecule has 1 aliphatic rings. The van der Waals surface area contributed by atoms with E-state index in [9.17, 15) is 4.79 Å². The number of hydrogen-bond acceptors (Lipinski definition) is 3. The van der Waals surface area contributed by atoms with Crippen LogP contribution in [-0.2, 0) is 10.2 Å². The van der Waals surface area contributed by atoms with Crippen LogP contribution >= 0.6 is 0 Å². The Labute approximate surface area is 142 Å². The van der Waals surface area contributed by atoms with Gasteiger partial charge in [0.05, 0.1) is 25.3 Å². The van der Waals surface area contributed by atoms with Crippen molar-refractivity contribution in [1.29, 1.82) is 0 Å². The fourth-order valence-electron chi connectivity index (χ4n) is 3.53. The number of benzene rings is 2. The molecule has 0 unspecified atom stereocenters. The molecule has 2 aromatic rings. The van der Waals surface area contributed by atoms with Crippen molar-refractivity contribution >= 4 is 11.6 Å². The number of carbonyl (C=O) groups excluding carboxylic acids is 1. The number of hydrogen-bond donors (Lipinski definition) is 1. The Morgan fingerprint density at radius 1 is 1.00 bits per heavy atom. The minimum Gasteiger partial charge on any atom is -0.497 e. The van der Waals surface area contributed by atoms with Gasteiger partial charge in [-0.05, 0) is 30.5 Å². The highest BCUT2D eigenvalue weighted by atomic mass is 16.5. The summed E-state index contributed by atoms with van der Waals surface area (Å²) in [5, 5.41) is 3.07. The van der Waals surface area contributed by atoms with Crippen molar-refractivity contribution in [1.82, 2.24) is 0 Å². The van der Waals surface area contributed by atoms with E-state index in [-0.39, 0.29) is 5.91 Å². The van der Waals surface area contributed by atoms with E-state index in [4.69, 9.17) is 9.47 Å². The van der Waals surface area contributed by atoms with Gasteiger partial charge in [-0.3, -0.25) is 4.79 Å². The van der Waals surface area contributed by atoms with Crippen molar-refractivity contribution in [3.05, 3.63) is 54.1 Å². The van der Waals surface area contributed by atoms with Gasteiger partial charge in [0.2, 0.25) is 5.91 Å². The van der Waals surface area contributed by atoms with E-state index in [2.05, 4.69) is 17.4 Å². The van der Waals surface area contributed by atoms with Gasteiger partial charge >= 0.3 is 0 Å². The van der Waals surface area contributed by atoms with Crippen LogP contribution in [0, 0.1) is 0 Å². The Morgan fingerprint density at radius 2 is 1.71 bits per heavy atom. The predicted octanol–water partition coefficient (Wildman–Crippen LogP) is 4.15. The third-order valence-electron chi connectivity index (χ3n) is 4.88. The Hall–Kier alpha value is -2.49. The van der Waals surface area contributed by atoms with Crippen molar-refractivity contribution in [2.75, 3.05) is 19.5 Å². The maximum absolute atomic E-state index is 13.2. The second-order valence-electron chi connectivity index (χ2n) is 6.18. The first kappa shape index (κ1) is 16.4. The van der Waals surface area contributed by atoms with Gasteiger partial charge in [0.25, 0.3) is 0 Å². The monoisotopic (exact) mass is 325 g/mol. The molecule has 1 aliphatic carbocycles. The number of nitrogens with one attached hydrogen (secondary N) is 1. The number of amides is 1. The van der Waals surface area contributed by atoms with Gasteiger partial charge in [-0.25, -0.2) is 0 Å². The summed E-state index contributed by atoms with van der Waals surface area (Å²) < 4.78 is 10.6. The van der Waals surface area contributed by atoms with Crippen molar-refractivity contribution < 1.29 is 14.3 Å². The van der Waals surface area contributed by atoms with Crippen LogP contribution in [0.4, 0.5) is 5.69 Å². The Balaban J connectivity index is 1.90. The summed E-state index contributed by atoms with van der Waals surface area (Å²) in [6, 6.07) is 15.5. The zero-order valence-electron chi connectivity index (χ0n) is 14.2. The molecular weight excluding hydrogens is 302 g/mol. The maximum Gasteiger partial charge on any atom is 0.235 e. The van der Waals surface area contributed by atoms with Gasteiger partial charge in [0, 0.05) is 6.07 Å². The van der Waals surface area contributed by atoms with Gasteiger partial charge in [-0.2, -0.15) is 0 Å². The third-order valence-corrected chi connectivity index (χ3v) is 4.88. The number of ether oxygens (including phenoxy) is 2. The van der Waals surface area contributed by atoms with Gasteiger partial charge in [-0.1, -0.05) is 43.2 Å². The topological polar surface area (TPSA) is 47.6 Å². The second-order valence-corrected chi connectivity index (χ2v) is 6.18. The minimum absolute atomic E-state index is 0.0367. The summed E-state index contributed by atoms with van der Waals surface area (Å²) in [6.07, 6.45) is 3.90. The van der Waals surface area contributed by atoms with Crippen LogP contribution in [0.1, 0.15) is 31.2 Å². The van der Waals surface area contributed by atoms with Crippen LogP contribution < -0.4 is 14.8 Å². The SMILES string of the molecule is COc1ccc(NC(=O)C2(c3ccccc3)CCCC2)c(OC)c1. The van der Waals surface area contributed by atoms with E-state index in [1.54, 1.807) is 20.3 Å². The third kappa shape index (κ3) is 2.96. The number of methoxy groups -OCH3 is 2. The molecule has 0 radical (unpaired) electrons. The van der Waals surface area contributed by atoms with Crippen molar-refractivity contribution in [2.45, 2.75) is 31.1 Å². The van der Waals surface area contributed by atoms with E-state index < -0.39 is 5.41 Å². The zero-order chi connectivity index (χ0) is 17.0. The van der Waals surface area contributed by atoms with E-state index in [0.29, 0.717) is 17.2 Å². The molecule has 4 nitrogen and oxygen atoms in total. The standard InChI is InChI=1S/C20H23NO3/c1-23-16-10-11-17(18(14-16)24-2)21-19(22)20(12-6-7-13-20)15-8-4-3-5-9-15/h3-5,8-11,14H,6-7,12-13H2,1-2H3,(H,21,22). The largest absolute Gasteiger partial charge is 0.497 e. The molecule has 2 aromatic carbocycles. The molecule has 0 atom stereocenters. The first-order valence-corrected chi connectivity index (χ1v) is 8.28. The summed E-state index contributed by atoms with van der Waals surface area (Å²) in [5.74, 6) is 1.34.